The lowest BCUT2D eigenvalue weighted by molar-refractivity contribution is 0.184. The largest absolute Gasteiger partial charge is 0.370 e. The summed E-state index contributed by atoms with van der Waals surface area (Å²) in [5.74, 6) is 5.70. The van der Waals surface area contributed by atoms with E-state index >= 15 is 0 Å². The molecule has 4 fully saturated rings. The average Bonchev–Trinajstić information content (AvgIpc) is 3.03. The van der Waals surface area contributed by atoms with E-state index in [0.29, 0.717) is 0 Å². The fourth-order valence-corrected chi connectivity index (χ4v) is 12.8. The molecule has 26 heavy (non-hydrogen) atoms. The summed E-state index contributed by atoms with van der Waals surface area (Å²) >= 11 is 0. The van der Waals surface area contributed by atoms with Gasteiger partial charge in [-0.15, -0.1) is 0 Å². The van der Waals surface area contributed by atoms with Crippen molar-refractivity contribution in [2.45, 2.75) is 82.8 Å². The third-order valence-corrected chi connectivity index (χ3v) is 13.2. The Balaban J connectivity index is 1.48. The second-order valence-electron chi connectivity index (χ2n) is 10.4. The highest BCUT2D eigenvalue weighted by Gasteiger charge is 2.58. The van der Waals surface area contributed by atoms with Crippen LogP contribution in [0.5, 0.6) is 0 Å². The third-order valence-electron chi connectivity index (χ3n) is 8.91. The molecule has 0 spiro atoms. The highest BCUT2D eigenvalue weighted by Crippen LogP contribution is 2.63. The molecule has 1 saturated heterocycles. The van der Waals surface area contributed by atoms with Gasteiger partial charge in [0.25, 0.3) is 0 Å². The first-order valence-electron chi connectivity index (χ1n) is 11.7. The van der Waals surface area contributed by atoms with Crippen LogP contribution in [-0.4, -0.2) is 49.8 Å². The van der Waals surface area contributed by atoms with Crippen LogP contribution in [0.15, 0.2) is 4.99 Å². The van der Waals surface area contributed by atoms with Gasteiger partial charge in [0.15, 0.2) is 14.2 Å². The van der Waals surface area contributed by atoms with Crippen LogP contribution in [0.4, 0.5) is 0 Å². The van der Waals surface area contributed by atoms with E-state index in [2.05, 4.69) is 22.6 Å². The summed E-state index contributed by atoms with van der Waals surface area (Å²) in [6.07, 6.45) is 14.9. The van der Waals surface area contributed by atoms with Crippen molar-refractivity contribution in [2.24, 2.45) is 28.7 Å². The SMILES string of the molecule is C[Si](C)(C1C2CCCCC2C2CCCCC21)N1CCCN2CCCN=C21. The zero-order chi connectivity index (χ0) is 17.7. The monoisotopic (exact) mass is 373 g/mol. The number of fused-ring (bicyclic) bond motifs is 4. The smallest absolute Gasteiger partial charge is 0.188 e. The minimum atomic E-state index is -1.53. The minimum Gasteiger partial charge on any atom is -0.370 e. The lowest BCUT2D eigenvalue weighted by Crippen LogP contribution is -2.64. The molecule has 0 radical (unpaired) electrons. The molecular weight excluding hydrogens is 334 g/mol. The zero-order valence-electron chi connectivity index (χ0n) is 17.1. The van der Waals surface area contributed by atoms with Crippen molar-refractivity contribution < 1.29 is 0 Å². The molecule has 0 amide bonds. The molecule has 0 aromatic heterocycles. The van der Waals surface area contributed by atoms with Crippen LogP contribution in [0.25, 0.3) is 0 Å². The highest BCUT2D eigenvalue weighted by molar-refractivity contribution is 6.78. The predicted octanol–water partition coefficient (Wildman–Crippen LogP) is 4.96. The van der Waals surface area contributed by atoms with E-state index in [0.717, 1.165) is 35.8 Å². The zero-order valence-corrected chi connectivity index (χ0v) is 18.1. The summed E-state index contributed by atoms with van der Waals surface area (Å²) < 4.78 is 2.92. The van der Waals surface area contributed by atoms with Gasteiger partial charge in [-0.2, -0.15) is 0 Å². The third kappa shape index (κ3) is 2.69. The normalized spacial score (nSPS) is 40.5. The van der Waals surface area contributed by atoms with Crippen LogP contribution in [0.2, 0.25) is 18.6 Å². The summed E-state index contributed by atoms with van der Waals surface area (Å²) in [5, 5.41) is 0. The number of hydrogen-bond donors (Lipinski definition) is 0. The van der Waals surface area contributed by atoms with E-state index in [4.69, 9.17) is 4.99 Å². The molecule has 3 aliphatic carbocycles. The van der Waals surface area contributed by atoms with E-state index in [1.807, 2.05) is 0 Å². The molecule has 3 saturated carbocycles. The van der Waals surface area contributed by atoms with Gasteiger partial charge >= 0.3 is 0 Å². The molecule has 2 aliphatic heterocycles. The van der Waals surface area contributed by atoms with Crippen molar-refractivity contribution in [1.82, 2.24) is 9.47 Å². The van der Waals surface area contributed by atoms with Gasteiger partial charge in [-0.25, -0.2) is 0 Å². The number of nitrogens with zero attached hydrogens (tertiary/aromatic N) is 3. The Morgan fingerprint density at radius 2 is 1.31 bits per heavy atom. The molecule has 146 valence electrons. The number of rotatable bonds is 2. The molecule has 0 aromatic rings. The first-order chi connectivity index (χ1) is 12.7. The second-order valence-corrected chi connectivity index (χ2v) is 14.9. The van der Waals surface area contributed by atoms with Crippen LogP contribution in [0.3, 0.4) is 0 Å². The predicted molar refractivity (Wildman–Crippen MR) is 112 cm³/mol. The van der Waals surface area contributed by atoms with Crippen molar-refractivity contribution in [3.05, 3.63) is 0 Å². The number of hydrogen-bond acceptors (Lipinski definition) is 3. The van der Waals surface area contributed by atoms with Crippen LogP contribution in [0, 0.1) is 23.7 Å². The van der Waals surface area contributed by atoms with E-state index in [9.17, 15) is 0 Å². The second kappa shape index (κ2) is 6.83. The molecule has 5 aliphatic rings. The van der Waals surface area contributed by atoms with E-state index in [1.165, 1.54) is 64.1 Å². The Morgan fingerprint density at radius 3 is 1.96 bits per heavy atom. The molecule has 3 nitrogen and oxygen atoms in total. The average molecular weight is 374 g/mol. The molecule has 0 N–H and O–H groups in total. The molecule has 0 bridgehead atoms. The topological polar surface area (TPSA) is 18.8 Å². The van der Waals surface area contributed by atoms with Gasteiger partial charge in [0.2, 0.25) is 0 Å². The van der Waals surface area contributed by atoms with E-state index < -0.39 is 8.24 Å². The van der Waals surface area contributed by atoms with Crippen molar-refractivity contribution in [2.75, 3.05) is 26.2 Å². The maximum absolute atomic E-state index is 5.08. The maximum Gasteiger partial charge on any atom is 0.188 e. The summed E-state index contributed by atoms with van der Waals surface area (Å²) in [5.41, 5.74) is 1.03. The van der Waals surface area contributed by atoms with Gasteiger partial charge in [0.05, 0.1) is 0 Å². The molecule has 5 rings (SSSR count). The Labute approximate surface area is 161 Å². The Hall–Kier alpha value is -0.513. The highest BCUT2D eigenvalue weighted by atomic mass is 28.3. The molecule has 4 unspecified atom stereocenters. The number of guanidine groups is 1. The Bertz CT molecular complexity index is 538. The Morgan fingerprint density at radius 1 is 0.731 bits per heavy atom. The molecule has 0 aromatic carbocycles. The number of aliphatic imine (C=N–C) groups is 1. The van der Waals surface area contributed by atoms with Crippen LogP contribution in [0.1, 0.15) is 64.2 Å². The van der Waals surface area contributed by atoms with E-state index in [1.54, 1.807) is 25.7 Å². The van der Waals surface area contributed by atoms with Crippen molar-refractivity contribution in [3.63, 3.8) is 0 Å². The van der Waals surface area contributed by atoms with Crippen LogP contribution >= 0.6 is 0 Å². The van der Waals surface area contributed by atoms with Crippen LogP contribution < -0.4 is 0 Å². The molecule has 4 atom stereocenters. The van der Waals surface area contributed by atoms with Gasteiger partial charge in [0.1, 0.15) is 0 Å². The lowest BCUT2D eigenvalue weighted by Gasteiger charge is -2.52. The first-order valence-corrected chi connectivity index (χ1v) is 14.8. The lowest BCUT2D eigenvalue weighted by atomic mass is 9.73. The minimum absolute atomic E-state index is 1.03. The maximum atomic E-state index is 5.08. The summed E-state index contributed by atoms with van der Waals surface area (Å²) in [6, 6.07) is 0. The molecule has 4 heteroatoms. The first kappa shape index (κ1) is 17.6. The fourth-order valence-electron chi connectivity index (χ4n) is 8.05. The fraction of sp³-hybridized carbons (Fsp3) is 0.955. The summed E-state index contributed by atoms with van der Waals surface area (Å²) in [4.78, 5) is 7.71. The van der Waals surface area contributed by atoms with Gasteiger partial charge in [-0.1, -0.05) is 51.6 Å². The summed E-state index contributed by atoms with van der Waals surface area (Å²) in [7, 11) is -1.53. The molecular formula is C22H39N3Si. The molecule has 2 heterocycles. The Kier molecular flexibility index (Phi) is 4.61. The van der Waals surface area contributed by atoms with E-state index in [-0.39, 0.29) is 0 Å². The van der Waals surface area contributed by atoms with Crippen molar-refractivity contribution in [3.8, 4) is 0 Å². The van der Waals surface area contributed by atoms with Gasteiger partial charge < -0.3 is 9.47 Å². The van der Waals surface area contributed by atoms with Crippen LogP contribution in [-0.2, 0) is 0 Å². The van der Waals surface area contributed by atoms with Gasteiger partial charge in [-0.3, -0.25) is 4.99 Å². The quantitative estimate of drug-likeness (QED) is 0.637. The standard InChI is InChI=1S/C22H39N3Si/c1-26(2,25-16-8-15-24-14-7-13-23-22(24)25)21-19-11-5-3-9-17(19)18-10-4-6-12-20(18)21/h17-21H,3-16H2,1-2H3. The van der Waals surface area contributed by atoms with Crippen molar-refractivity contribution in [1.29, 1.82) is 0 Å². The van der Waals surface area contributed by atoms with Gasteiger partial charge in [-0.05, 0) is 54.9 Å². The van der Waals surface area contributed by atoms with Gasteiger partial charge in [0, 0.05) is 26.2 Å². The van der Waals surface area contributed by atoms with Crippen molar-refractivity contribution >= 4 is 14.2 Å². The summed E-state index contributed by atoms with van der Waals surface area (Å²) in [6.45, 7) is 10.3.